The zero-order valence-electron chi connectivity index (χ0n) is 41.3. The van der Waals surface area contributed by atoms with Crippen LogP contribution in [0.1, 0.15) is 88.5 Å². The number of hydrogen-bond acceptors (Lipinski definition) is 0. The minimum atomic E-state index is -0.826. The molecule has 0 N–H and O–H groups in total. The number of rotatable bonds is 10. The summed E-state index contributed by atoms with van der Waals surface area (Å²) in [5.74, 6) is 1.18. The van der Waals surface area contributed by atoms with Crippen LogP contribution in [-0.4, -0.2) is 9.52 Å². The summed E-state index contributed by atoms with van der Waals surface area (Å²) in [6.07, 6.45) is 4.42. The molecule has 1 heterocycles. The third-order valence-electron chi connectivity index (χ3n) is 14.0. The Morgan fingerprint density at radius 3 is 1.34 bits per heavy atom. The van der Waals surface area contributed by atoms with Gasteiger partial charge < -0.3 is 0 Å². The maximum Gasteiger partial charge on any atom is 0.0920 e. The molecule has 0 amide bonds. The van der Waals surface area contributed by atoms with Crippen LogP contribution in [0.4, 0.5) is 0 Å². The summed E-state index contributed by atoms with van der Waals surface area (Å²) in [7, 11) is 10.7. The molecule has 2 unspecified atom stereocenters. The van der Waals surface area contributed by atoms with Crippen LogP contribution in [-0.2, 0) is 33.7 Å². The Balaban J connectivity index is 0.000000144. The molecule has 2 radical (unpaired) electrons. The monoisotopic (exact) mass is 1040 g/mol. The van der Waals surface area contributed by atoms with Gasteiger partial charge in [-0.15, -0.1) is 62.5 Å². The summed E-state index contributed by atoms with van der Waals surface area (Å²) in [6.45, 7) is 13.7. The second-order valence-corrected chi connectivity index (χ2v) is 23.2. The number of aryl methyl sites for hydroxylation is 2. The first kappa shape index (κ1) is 51.0. The van der Waals surface area contributed by atoms with Crippen LogP contribution in [0.2, 0.25) is 0 Å². The van der Waals surface area contributed by atoms with Crippen LogP contribution >= 0.6 is 17.0 Å². The fourth-order valence-electron chi connectivity index (χ4n) is 9.82. The average molecular weight is 1040 g/mol. The van der Waals surface area contributed by atoms with Crippen molar-refractivity contribution in [1.29, 1.82) is 0 Å². The topological polar surface area (TPSA) is 0 Å². The van der Waals surface area contributed by atoms with Crippen LogP contribution < -0.4 is 10.4 Å². The molecule has 1 aliphatic heterocycles. The van der Waals surface area contributed by atoms with E-state index in [9.17, 15) is 0 Å². The summed E-state index contributed by atoms with van der Waals surface area (Å²) in [5.41, 5.74) is 19.2. The molecule has 10 aromatic rings. The van der Waals surface area contributed by atoms with Crippen molar-refractivity contribution in [3.8, 4) is 55.6 Å². The first-order valence-corrected chi connectivity index (χ1v) is 32.2. The summed E-state index contributed by atoms with van der Waals surface area (Å²) in [4.78, 5) is 0. The van der Waals surface area contributed by atoms with E-state index in [4.69, 9.17) is 17.0 Å². The van der Waals surface area contributed by atoms with E-state index in [1.807, 2.05) is 6.07 Å². The smallest absolute Gasteiger partial charge is 0.0920 e. The number of halogens is 2. The zero-order chi connectivity index (χ0) is 49.0. The van der Waals surface area contributed by atoms with Gasteiger partial charge in [-0.2, -0.15) is 41.6 Å². The van der Waals surface area contributed by atoms with Crippen molar-refractivity contribution in [2.45, 2.75) is 79.1 Å². The van der Waals surface area contributed by atoms with E-state index in [-0.39, 0.29) is 0 Å². The van der Waals surface area contributed by atoms with Gasteiger partial charge in [0, 0.05) is 0 Å². The van der Waals surface area contributed by atoms with E-state index in [1.165, 1.54) is 123 Å². The van der Waals surface area contributed by atoms with Gasteiger partial charge in [0.15, 0.2) is 0 Å². The molecular formula is C66H61Cl2SiZr-3. The Hall–Kier alpha value is -5.34. The van der Waals surface area contributed by atoms with Gasteiger partial charge in [-0.1, -0.05) is 222 Å². The van der Waals surface area contributed by atoms with E-state index in [0.717, 1.165) is 22.4 Å². The van der Waals surface area contributed by atoms with Crippen molar-refractivity contribution in [1.82, 2.24) is 0 Å². The first-order valence-electron chi connectivity index (χ1n) is 24.9. The summed E-state index contributed by atoms with van der Waals surface area (Å²) >= 11 is -0.826. The third-order valence-corrected chi connectivity index (χ3v) is 15.4. The maximum absolute atomic E-state index is 4.93. The van der Waals surface area contributed by atoms with Crippen LogP contribution in [0.25, 0.3) is 77.2 Å². The summed E-state index contributed by atoms with van der Waals surface area (Å²) < 4.78 is 0. The molecule has 70 heavy (non-hydrogen) atoms. The van der Waals surface area contributed by atoms with Crippen molar-refractivity contribution in [2.24, 2.45) is 0 Å². The second-order valence-electron chi connectivity index (χ2n) is 18.1. The van der Waals surface area contributed by atoms with Crippen molar-refractivity contribution in [3.05, 3.63) is 229 Å². The van der Waals surface area contributed by atoms with Crippen LogP contribution in [0.5, 0.6) is 0 Å². The quantitative estimate of drug-likeness (QED) is 0.0946. The molecule has 0 aromatic heterocycles. The van der Waals surface area contributed by atoms with Gasteiger partial charge in [-0.3, -0.25) is 0 Å². The van der Waals surface area contributed by atoms with Crippen LogP contribution in [0.15, 0.2) is 200 Å². The van der Waals surface area contributed by atoms with Crippen molar-refractivity contribution in [3.63, 3.8) is 0 Å². The van der Waals surface area contributed by atoms with E-state index in [2.05, 4.69) is 242 Å². The molecule has 11 rings (SSSR count). The summed E-state index contributed by atoms with van der Waals surface area (Å²) in [5, 5.41) is 8.29. The van der Waals surface area contributed by atoms with E-state index >= 15 is 0 Å². The maximum atomic E-state index is 4.93. The van der Waals surface area contributed by atoms with Gasteiger partial charge in [-0.25, -0.2) is 0 Å². The van der Waals surface area contributed by atoms with Crippen LogP contribution in [0.3, 0.4) is 0 Å². The van der Waals surface area contributed by atoms with Gasteiger partial charge in [0.05, 0.1) is 9.52 Å². The SMILES string of the molecule is CCc1ccccc1-c1c(-c2ccccc2)ccc2[cH-]c(C(C)CC)cc12.CCc1ccccc1-c1c(-c2ccccc2)ccc2[cH-]c(C(C)CC)cc12.[Cl][Zr][Cl].[c-]1cccc2c1[Si]c1ccccc1-2. The molecule has 2 atom stereocenters. The van der Waals surface area contributed by atoms with E-state index in [1.54, 1.807) is 0 Å². The fraction of sp³-hybridized carbons (Fsp3) is 0.182. The molecule has 0 aliphatic carbocycles. The number of hydrogen-bond donors (Lipinski definition) is 0. The molecule has 0 nitrogen and oxygen atoms in total. The van der Waals surface area contributed by atoms with E-state index < -0.39 is 20.8 Å². The van der Waals surface area contributed by atoms with Gasteiger partial charge in [0.1, 0.15) is 0 Å². The molecule has 4 heteroatoms. The fourth-order valence-corrected chi connectivity index (χ4v) is 11.1. The Bertz CT molecular complexity index is 3050. The Morgan fingerprint density at radius 2 is 0.886 bits per heavy atom. The minimum Gasteiger partial charge on any atom is -0.184 e. The normalized spacial score (nSPS) is 12.1. The zero-order valence-corrected chi connectivity index (χ0v) is 46.3. The molecule has 0 spiro atoms. The number of fused-ring (bicyclic) bond motifs is 5. The first-order chi connectivity index (χ1) is 34.3. The predicted octanol–water partition coefficient (Wildman–Crippen LogP) is 18.4. The Kier molecular flexibility index (Phi) is 18.0. The van der Waals surface area contributed by atoms with E-state index in [0.29, 0.717) is 11.8 Å². The third kappa shape index (κ3) is 11.4. The molecule has 0 fully saturated rings. The molecule has 0 saturated heterocycles. The van der Waals surface area contributed by atoms with Crippen molar-refractivity contribution < 1.29 is 20.8 Å². The summed E-state index contributed by atoms with van der Waals surface area (Å²) in [6, 6.07) is 76.3. The molecule has 1 aliphatic rings. The molecule has 10 aromatic carbocycles. The number of benzene rings is 8. The Labute approximate surface area is 439 Å². The Morgan fingerprint density at radius 1 is 0.471 bits per heavy atom. The van der Waals surface area contributed by atoms with Crippen molar-refractivity contribution in [2.75, 3.05) is 0 Å². The predicted molar refractivity (Wildman–Crippen MR) is 304 cm³/mol. The van der Waals surface area contributed by atoms with Gasteiger partial charge in [0.2, 0.25) is 0 Å². The average Bonchev–Trinajstić information content (AvgIpc) is 4.17. The molecular weight excluding hydrogens is 983 g/mol. The van der Waals surface area contributed by atoms with Gasteiger partial charge in [0.25, 0.3) is 0 Å². The van der Waals surface area contributed by atoms with Gasteiger partial charge in [-0.05, 0) is 69.2 Å². The standard InChI is InChI=1S/2C27H27.C12H7Si.2ClH.Zr/c2*1-4-19(3)23-17-22-15-16-25(21-12-7-6-8-13-21)27(26(22)18-23)24-14-10-9-11-20(24)5-2;1-3-7-11-9(5-1)10-6-2-4-8-12(10)13-11;;;/h2*6-19H,4-5H2,1-3H3;1-7H;2*1H;/q3*-1;;;+2/p-2. The van der Waals surface area contributed by atoms with Crippen LogP contribution in [0, 0.1) is 6.07 Å². The second kappa shape index (κ2) is 24.7. The molecule has 0 saturated carbocycles. The minimum absolute atomic E-state index is 0.590. The van der Waals surface area contributed by atoms with Crippen molar-refractivity contribution >= 4 is 58.5 Å². The molecule has 350 valence electrons. The van der Waals surface area contributed by atoms with Gasteiger partial charge >= 0.3 is 37.9 Å². The largest absolute Gasteiger partial charge is 0.184 e. The molecule has 0 bridgehead atoms.